The van der Waals surface area contributed by atoms with Gasteiger partial charge in [0.2, 0.25) is 5.91 Å². The van der Waals surface area contributed by atoms with Gasteiger partial charge in [-0.1, -0.05) is 24.0 Å². The van der Waals surface area contributed by atoms with E-state index < -0.39 is 0 Å². The Morgan fingerprint density at radius 1 is 1.50 bits per heavy atom. The second-order valence-electron chi connectivity index (χ2n) is 2.99. The highest BCUT2D eigenvalue weighted by atomic mass is 16.5. The number of amides is 1. The quantitative estimate of drug-likeness (QED) is 0.732. The first kappa shape index (κ1) is 12.2. The maximum atomic E-state index is 11.3. The third-order valence-corrected chi connectivity index (χ3v) is 1.78. The van der Waals surface area contributed by atoms with Gasteiger partial charge in [0.25, 0.3) is 0 Å². The number of carbonyl (C=O) groups is 1. The van der Waals surface area contributed by atoms with Crippen LogP contribution in [0.25, 0.3) is 0 Å². The fourth-order valence-corrected chi connectivity index (χ4v) is 1.15. The molecule has 84 valence electrons. The Hall–Kier alpha value is -1.83. The van der Waals surface area contributed by atoms with Crippen molar-refractivity contribution in [2.24, 2.45) is 0 Å². The minimum atomic E-state index is -0.235. The largest absolute Gasteiger partial charge is 0.384 e. The first-order valence-electron chi connectivity index (χ1n) is 4.75. The summed E-state index contributed by atoms with van der Waals surface area (Å²) in [6.07, 6.45) is 0. The Morgan fingerprint density at radius 3 is 2.94 bits per heavy atom. The monoisotopic (exact) mass is 219 g/mol. The van der Waals surface area contributed by atoms with Crippen LogP contribution in [0.3, 0.4) is 0 Å². The topological polar surface area (TPSA) is 58.6 Å². The maximum Gasteiger partial charge on any atom is 0.250 e. The van der Waals surface area contributed by atoms with Gasteiger partial charge in [0, 0.05) is 12.7 Å². The van der Waals surface area contributed by atoms with Crippen molar-refractivity contribution >= 4 is 11.6 Å². The van der Waals surface area contributed by atoms with Gasteiger partial charge >= 0.3 is 0 Å². The zero-order chi connectivity index (χ0) is 11.8. The van der Waals surface area contributed by atoms with Crippen LogP contribution in [0, 0.1) is 11.8 Å². The Kier molecular flexibility index (Phi) is 5.06. The van der Waals surface area contributed by atoms with Crippen molar-refractivity contribution in [1.29, 1.82) is 0 Å². The molecule has 0 bridgehead atoms. The number of hydrogen-bond donors (Lipinski definition) is 2. The predicted molar refractivity (Wildman–Crippen MR) is 60.9 cm³/mol. The van der Waals surface area contributed by atoms with Gasteiger partial charge < -0.3 is 15.2 Å². The summed E-state index contributed by atoms with van der Waals surface area (Å²) in [4.78, 5) is 11.3. The molecule has 0 atom stereocenters. The van der Waals surface area contributed by atoms with Crippen LogP contribution in [0.2, 0.25) is 0 Å². The molecule has 0 radical (unpaired) electrons. The molecule has 1 aromatic carbocycles. The molecule has 0 heterocycles. The molecular formula is C12H13NO3. The number of rotatable bonds is 3. The lowest BCUT2D eigenvalue weighted by Crippen LogP contribution is -2.17. The molecule has 0 aliphatic rings. The van der Waals surface area contributed by atoms with Crippen LogP contribution in [0.1, 0.15) is 5.56 Å². The van der Waals surface area contributed by atoms with E-state index in [2.05, 4.69) is 17.2 Å². The predicted octanol–water partition coefficient (Wildman–Crippen LogP) is 0.615. The van der Waals surface area contributed by atoms with Crippen LogP contribution in [0.5, 0.6) is 0 Å². The van der Waals surface area contributed by atoms with Gasteiger partial charge in [0.15, 0.2) is 0 Å². The molecular weight excluding hydrogens is 206 g/mol. The lowest BCUT2D eigenvalue weighted by atomic mass is 10.2. The van der Waals surface area contributed by atoms with Crippen molar-refractivity contribution in [1.82, 2.24) is 0 Å². The molecule has 4 heteroatoms. The van der Waals surface area contributed by atoms with Gasteiger partial charge in [-0.05, 0) is 12.1 Å². The van der Waals surface area contributed by atoms with Crippen molar-refractivity contribution in [3.8, 4) is 11.8 Å². The van der Waals surface area contributed by atoms with Gasteiger partial charge in [-0.2, -0.15) is 0 Å². The molecule has 0 unspecified atom stereocenters. The molecule has 0 spiro atoms. The first-order valence-corrected chi connectivity index (χ1v) is 4.75. The molecule has 0 aliphatic heterocycles. The van der Waals surface area contributed by atoms with E-state index >= 15 is 0 Å². The third kappa shape index (κ3) is 3.73. The average molecular weight is 219 g/mol. The molecule has 2 N–H and O–H groups in total. The number of nitrogens with one attached hydrogen (secondary N) is 1. The van der Waals surface area contributed by atoms with Crippen LogP contribution in [-0.4, -0.2) is 31.3 Å². The number of benzene rings is 1. The summed E-state index contributed by atoms with van der Waals surface area (Å²) in [6, 6.07) is 7.12. The molecule has 0 saturated heterocycles. The van der Waals surface area contributed by atoms with Crippen LogP contribution >= 0.6 is 0 Å². The van der Waals surface area contributed by atoms with Crippen molar-refractivity contribution in [2.45, 2.75) is 0 Å². The van der Waals surface area contributed by atoms with E-state index in [0.717, 1.165) is 0 Å². The number of methoxy groups -OCH3 is 1. The molecule has 1 amide bonds. The minimum Gasteiger partial charge on any atom is -0.384 e. The van der Waals surface area contributed by atoms with Gasteiger partial charge in [-0.15, -0.1) is 0 Å². The van der Waals surface area contributed by atoms with Gasteiger partial charge in [0.1, 0.15) is 13.2 Å². The van der Waals surface area contributed by atoms with Crippen molar-refractivity contribution in [3.63, 3.8) is 0 Å². The summed E-state index contributed by atoms with van der Waals surface area (Å²) >= 11 is 0. The molecule has 16 heavy (non-hydrogen) atoms. The normalized spacial score (nSPS) is 9.12. The number of para-hydroxylation sites is 1. The van der Waals surface area contributed by atoms with Crippen LogP contribution in [0.4, 0.5) is 5.69 Å². The number of anilines is 1. The average Bonchev–Trinajstić information content (AvgIpc) is 2.28. The Balaban J connectivity index is 2.82. The molecule has 0 saturated carbocycles. The Labute approximate surface area is 94.2 Å². The van der Waals surface area contributed by atoms with Gasteiger partial charge in [0.05, 0.1) is 5.69 Å². The van der Waals surface area contributed by atoms with Gasteiger partial charge in [-0.3, -0.25) is 4.79 Å². The highest BCUT2D eigenvalue weighted by molar-refractivity contribution is 5.93. The first-order chi connectivity index (χ1) is 7.77. The lowest BCUT2D eigenvalue weighted by molar-refractivity contribution is -0.119. The lowest BCUT2D eigenvalue weighted by Gasteiger charge is -2.06. The second kappa shape index (κ2) is 6.62. The summed E-state index contributed by atoms with van der Waals surface area (Å²) in [5.41, 5.74) is 1.28. The summed E-state index contributed by atoms with van der Waals surface area (Å²) < 4.78 is 4.71. The van der Waals surface area contributed by atoms with Crippen molar-refractivity contribution < 1.29 is 14.6 Å². The number of aliphatic hydroxyl groups is 1. The van der Waals surface area contributed by atoms with E-state index in [1.807, 2.05) is 6.07 Å². The fourth-order valence-electron chi connectivity index (χ4n) is 1.15. The summed E-state index contributed by atoms with van der Waals surface area (Å²) in [7, 11) is 1.46. The number of carbonyl (C=O) groups excluding carboxylic acids is 1. The Morgan fingerprint density at radius 2 is 2.25 bits per heavy atom. The van der Waals surface area contributed by atoms with E-state index in [0.29, 0.717) is 11.3 Å². The van der Waals surface area contributed by atoms with Crippen LogP contribution < -0.4 is 5.32 Å². The van der Waals surface area contributed by atoms with Crippen LogP contribution in [0.15, 0.2) is 24.3 Å². The Bertz CT molecular complexity index is 418. The van der Waals surface area contributed by atoms with Gasteiger partial charge in [-0.25, -0.2) is 0 Å². The van der Waals surface area contributed by atoms with E-state index in [1.54, 1.807) is 18.2 Å². The summed E-state index contributed by atoms with van der Waals surface area (Å²) in [5, 5.41) is 11.3. The van der Waals surface area contributed by atoms with E-state index in [4.69, 9.17) is 9.84 Å². The molecule has 1 aromatic rings. The number of aliphatic hydroxyl groups excluding tert-OH is 1. The van der Waals surface area contributed by atoms with E-state index in [9.17, 15) is 4.79 Å². The molecule has 0 fully saturated rings. The highest BCUT2D eigenvalue weighted by Crippen LogP contribution is 2.13. The number of ether oxygens (including phenoxy) is 1. The molecule has 0 aromatic heterocycles. The van der Waals surface area contributed by atoms with E-state index in [1.165, 1.54) is 7.11 Å². The summed E-state index contributed by atoms with van der Waals surface area (Å²) in [5.74, 6) is 5.05. The van der Waals surface area contributed by atoms with Crippen molar-refractivity contribution in [2.75, 3.05) is 25.6 Å². The van der Waals surface area contributed by atoms with Crippen molar-refractivity contribution in [3.05, 3.63) is 29.8 Å². The standard InChI is InChI=1S/C12H13NO3/c1-16-9-12(15)13-11-7-3-2-5-10(11)6-4-8-14/h2-3,5,7,14H,8-9H2,1H3,(H,13,15). The third-order valence-electron chi connectivity index (χ3n) is 1.78. The molecule has 0 aliphatic carbocycles. The van der Waals surface area contributed by atoms with E-state index in [-0.39, 0.29) is 19.1 Å². The molecule has 1 rings (SSSR count). The minimum absolute atomic E-state index is 0.00175. The SMILES string of the molecule is COCC(=O)Nc1ccccc1C#CCO. The fraction of sp³-hybridized carbons (Fsp3) is 0.250. The zero-order valence-corrected chi connectivity index (χ0v) is 8.99. The summed E-state index contributed by atoms with van der Waals surface area (Å²) in [6.45, 7) is -0.206. The molecule has 4 nitrogen and oxygen atoms in total. The second-order valence-corrected chi connectivity index (χ2v) is 2.99. The zero-order valence-electron chi connectivity index (χ0n) is 8.99. The number of hydrogen-bond acceptors (Lipinski definition) is 3. The smallest absolute Gasteiger partial charge is 0.250 e. The highest BCUT2D eigenvalue weighted by Gasteiger charge is 2.03. The maximum absolute atomic E-state index is 11.3. The van der Waals surface area contributed by atoms with Crippen LogP contribution in [-0.2, 0) is 9.53 Å².